The summed E-state index contributed by atoms with van der Waals surface area (Å²) in [5.41, 5.74) is 0.848. The quantitative estimate of drug-likeness (QED) is 0.938. The molecule has 0 atom stereocenters. The Hall–Kier alpha value is -1.14. The van der Waals surface area contributed by atoms with Crippen molar-refractivity contribution in [3.8, 4) is 0 Å². The van der Waals surface area contributed by atoms with E-state index in [0.717, 1.165) is 29.0 Å². The fourth-order valence-electron chi connectivity index (χ4n) is 2.29. The highest BCUT2D eigenvalue weighted by Crippen LogP contribution is 2.16. The summed E-state index contributed by atoms with van der Waals surface area (Å²) in [6, 6.07) is 1.95. The molecule has 1 aliphatic rings. The molecule has 2 aromatic rings. The molecule has 0 spiro atoms. The number of anilines is 1. The Bertz CT molecular complexity index is 532. The van der Waals surface area contributed by atoms with Crippen LogP contribution in [0.3, 0.4) is 0 Å². The topological polar surface area (TPSA) is 45.5 Å². The maximum atomic E-state index is 4.52. The van der Waals surface area contributed by atoms with E-state index in [2.05, 4.69) is 36.2 Å². The first kappa shape index (κ1) is 11.9. The van der Waals surface area contributed by atoms with Crippen LogP contribution in [-0.2, 0) is 0 Å². The predicted octanol–water partition coefficient (Wildman–Crippen LogP) is 2.00. The molecule has 18 heavy (non-hydrogen) atoms. The molecule has 3 heterocycles. The highest BCUT2D eigenvalue weighted by Gasteiger charge is 2.10. The van der Waals surface area contributed by atoms with Gasteiger partial charge in [-0.15, -0.1) is 0 Å². The zero-order valence-corrected chi connectivity index (χ0v) is 11.7. The van der Waals surface area contributed by atoms with Gasteiger partial charge in [-0.1, -0.05) is 0 Å². The summed E-state index contributed by atoms with van der Waals surface area (Å²) in [4.78, 5) is 7.01. The normalized spacial score (nSPS) is 16.5. The lowest BCUT2D eigenvalue weighted by Gasteiger charge is -2.14. The van der Waals surface area contributed by atoms with E-state index in [1.165, 1.54) is 25.9 Å². The second-order valence-corrected chi connectivity index (χ2v) is 5.40. The molecule has 0 amide bonds. The minimum absolute atomic E-state index is 0.848. The molecular weight excluding hydrogens is 294 g/mol. The van der Waals surface area contributed by atoms with E-state index in [1.54, 1.807) is 10.7 Å². The third kappa shape index (κ3) is 2.49. The van der Waals surface area contributed by atoms with E-state index < -0.39 is 0 Å². The van der Waals surface area contributed by atoms with Gasteiger partial charge in [0.25, 0.3) is 0 Å². The molecule has 3 rings (SSSR count). The van der Waals surface area contributed by atoms with Crippen LogP contribution in [0.25, 0.3) is 5.65 Å². The Morgan fingerprint density at radius 1 is 1.33 bits per heavy atom. The van der Waals surface area contributed by atoms with Crippen molar-refractivity contribution in [1.82, 2.24) is 19.5 Å². The molecule has 96 valence electrons. The molecule has 0 radical (unpaired) electrons. The van der Waals surface area contributed by atoms with Gasteiger partial charge < -0.3 is 10.2 Å². The van der Waals surface area contributed by atoms with Crippen molar-refractivity contribution in [3.05, 3.63) is 22.9 Å². The van der Waals surface area contributed by atoms with E-state index in [0.29, 0.717) is 0 Å². The van der Waals surface area contributed by atoms with Gasteiger partial charge in [-0.2, -0.15) is 5.10 Å². The third-order valence-corrected chi connectivity index (χ3v) is 3.82. The van der Waals surface area contributed by atoms with E-state index in [1.807, 2.05) is 12.3 Å². The summed E-state index contributed by atoms with van der Waals surface area (Å²) in [5, 5.41) is 7.54. The van der Waals surface area contributed by atoms with Crippen molar-refractivity contribution in [1.29, 1.82) is 0 Å². The summed E-state index contributed by atoms with van der Waals surface area (Å²) >= 11 is 3.44. The number of nitrogens with one attached hydrogen (secondary N) is 1. The molecule has 5 nitrogen and oxygen atoms in total. The fraction of sp³-hybridized carbons (Fsp3) is 0.500. The van der Waals surface area contributed by atoms with E-state index in [9.17, 15) is 0 Å². The van der Waals surface area contributed by atoms with Gasteiger partial charge >= 0.3 is 0 Å². The van der Waals surface area contributed by atoms with Crippen LogP contribution in [0.15, 0.2) is 22.9 Å². The van der Waals surface area contributed by atoms with Crippen LogP contribution in [0.5, 0.6) is 0 Å². The van der Waals surface area contributed by atoms with Crippen LogP contribution in [-0.4, -0.2) is 45.7 Å². The molecule has 0 aromatic carbocycles. The van der Waals surface area contributed by atoms with Crippen molar-refractivity contribution in [2.24, 2.45) is 0 Å². The number of halogens is 1. The van der Waals surface area contributed by atoms with Crippen LogP contribution in [0.1, 0.15) is 12.8 Å². The molecule has 2 aromatic heterocycles. The lowest BCUT2D eigenvalue weighted by atomic mass is 10.4. The molecule has 6 heteroatoms. The first-order chi connectivity index (χ1) is 8.83. The average Bonchev–Trinajstić information content (AvgIpc) is 3.01. The summed E-state index contributed by atoms with van der Waals surface area (Å²) < 4.78 is 2.68. The Morgan fingerprint density at radius 3 is 3.00 bits per heavy atom. The van der Waals surface area contributed by atoms with Crippen LogP contribution >= 0.6 is 15.9 Å². The minimum Gasteiger partial charge on any atom is -0.369 e. The summed E-state index contributed by atoms with van der Waals surface area (Å²) in [6.45, 7) is 4.51. The number of rotatable bonds is 4. The molecule has 0 bridgehead atoms. The predicted molar refractivity (Wildman–Crippen MR) is 74.9 cm³/mol. The van der Waals surface area contributed by atoms with E-state index >= 15 is 0 Å². The average molecular weight is 310 g/mol. The number of likely N-dealkylation sites (tertiary alicyclic amines) is 1. The largest absolute Gasteiger partial charge is 0.369 e. The van der Waals surface area contributed by atoms with Crippen molar-refractivity contribution in [2.45, 2.75) is 12.8 Å². The van der Waals surface area contributed by atoms with E-state index in [-0.39, 0.29) is 0 Å². The van der Waals surface area contributed by atoms with Crippen LogP contribution in [0, 0.1) is 0 Å². The number of hydrogen-bond donors (Lipinski definition) is 1. The van der Waals surface area contributed by atoms with Gasteiger partial charge in [0.15, 0.2) is 5.65 Å². The Kier molecular flexibility index (Phi) is 3.47. The maximum absolute atomic E-state index is 4.52. The van der Waals surface area contributed by atoms with Crippen molar-refractivity contribution in [3.63, 3.8) is 0 Å². The molecule has 0 unspecified atom stereocenters. The van der Waals surface area contributed by atoms with Crippen molar-refractivity contribution >= 4 is 27.4 Å². The second kappa shape index (κ2) is 5.24. The second-order valence-electron chi connectivity index (χ2n) is 4.55. The fourth-order valence-corrected chi connectivity index (χ4v) is 2.65. The van der Waals surface area contributed by atoms with Crippen molar-refractivity contribution < 1.29 is 0 Å². The van der Waals surface area contributed by atoms with E-state index in [4.69, 9.17) is 0 Å². The molecular formula is C12H16BrN5. The lowest BCUT2D eigenvalue weighted by Crippen LogP contribution is -2.26. The Balaban J connectivity index is 1.61. The highest BCUT2D eigenvalue weighted by atomic mass is 79.9. The van der Waals surface area contributed by atoms with Gasteiger partial charge in [0.05, 0.1) is 10.7 Å². The molecule has 1 saturated heterocycles. The van der Waals surface area contributed by atoms with Gasteiger partial charge in [0.2, 0.25) is 0 Å². The molecule has 1 N–H and O–H groups in total. The summed E-state index contributed by atoms with van der Waals surface area (Å²) in [7, 11) is 0. The van der Waals surface area contributed by atoms with Crippen molar-refractivity contribution in [2.75, 3.05) is 31.5 Å². The number of hydrogen-bond acceptors (Lipinski definition) is 4. The Morgan fingerprint density at radius 2 is 2.17 bits per heavy atom. The zero-order chi connectivity index (χ0) is 12.4. The van der Waals surface area contributed by atoms with Gasteiger partial charge in [-0.25, -0.2) is 9.50 Å². The van der Waals surface area contributed by atoms with Crippen LogP contribution in [0.2, 0.25) is 0 Å². The van der Waals surface area contributed by atoms with Gasteiger partial charge in [0, 0.05) is 19.3 Å². The first-order valence-corrected chi connectivity index (χ1v) is 7.08. The zero-order valence-electron chi connectivity index (χ0n) is 10.1. The molecule has 1 aliphatic heterocycles. The SMILES string of the molecule is Brc1cnn2ccc(NCCN3CCCC3)nc12. The number of fused-ring (bicyclic) bond motifs is 1. The number of aromatic nitrogens is 3. The smallest absolute Gasteiger partial charge is 0.171 e. The molecule has 1 fully saturated rings. The molecule has 0 saturated carbocycles. The monoisotopic (exact) mass is 309 g/mol. The lowest BCUT2D eigenvalue weighted by molar-refractivity contribution is 0.352. The standard InChI is InChI=1S/C12H16BrN5/c13-10-9-15-18-7-3-11(16-12(10)18)14-4-8-17-5-1-2-6-17/h3,7,9H,1-2,4-6,8H2,(H,14,16). The van der Waals surface area contributed by atoms with Gasteiger partial charge in [-0.3, -0.25) is 0 Å². The van der Waals surface area contributed by atoms with Crippen LogP contribution in [0.4, 0.5) is 5.82 Å². The summed E-state index contributed by atoms with van der Waals surface area (Å²) in [6.07, 6.45) is 6.36. The highest BCUT2D eigenvalue weighted by molar-refractivity contribution is 9.10. The number of nitrogens with zero attached hydrogens (tertiary/aromatic N) is 4. The Labute approximate surface area is 114 Å². The van der Waals surface area contributed by atoms with Crippen LogP contribution < -0.4 is 5.32 Å². The van der Waals surface area contributed by atoms with Gasteiger partial charge in [-0.05, 0) is 47.9 Å². The van der Waals surface area contributed by atoms with Gasteiger partial charge in [0.1, 0.15) is 5.82 Å². The molecule has 0 aliphatic carbocycles. The summed E-state index contributed by atoms with van der Waals surface area (Å²) in [5.74, 6) is 0.905. The minimum atomic E-state index is 0.848. The first-order valence-electron chi connectivity index (χ1n) is 6.29. The maximum Gasteiger partial charge on any atom is 0.171 e. The third-order valence-electron chi connectivity index (χ3n) is 3.26.